The van der Waals surface area contributed by atoms with Gasteiger partial charge in [0, 0.05) is 4.88 Å². The molecule has 0 radical (unpaired) electrons. The smallest absolute Gasteiger partial charge is 0.148 e. The molecule has 1 fully saturated rings. The summed E-state index contributed by atoms with van der Waals surface area (Å²) in [4.78, 5) is 11.9. The van der Waals surface area contributed by atoms with Crippen LogP contribution in [0.4, 0.5) is 0 Å². The van der Waals surface area contributed by atoms with Gasteiger partial charge in [-0.1, -0.05) is 13.0 Å². The third-order valence-corrected chi connectivity index (χ3v) is 3.96. The van der Waals surface area contributed by atoms with E-state index < -0.39 is 0 Å². The van der Waals surface area contributed by atoms with Gasteiger partial charge in [0.15, 0.2) is 0 Å². The highest BCUT2D eigenvalue weighted by atomic mass is 32.1. The Morgan fingerprint density at radius 3 is 3.14 bits per heavy atom. The fraction of sp³-hybridized carbons (Fsp3) is 0.545. The van der Waals surface area contributed by atoms with Gasteiger partial charge in [-0.25, -0.2) is 0 Å². The van der Waals surface area contributed by atoms with Crippen molar-refractivity contribution in [2.75, 3.05) is 0 Å². The van der Waals surface area contributed by atoms with E-state index in [4.69, 9.17) is 4.74 Å². The Labute approximate surface area is 87.9 Å². The van der Waals surface area contributed by atoms with Crippen LogP contribution in [0.3, 0.4) is 0 Å². The van der Waals surface area contributed by atoms with Crippen LogP contribution in [0.2, 0.25) is 0 Å². The summed E-state index contributed by atoms with van der Waals surface area (Å²) < 4.78 is 5.83. The van der Waals surface area contributed by atoms with Crippen LogP contribution in [0.25, 0.3) is 0 Å². The maximum Gasteiger partial charge on any atom is 0.148 e. The predicted octanol–water partition coefficient (Wildman–Crippen LogP) is 2.73. The Morgan fingerprint density at radius 2 is 2.64 bits per heavy atom. The zero-order chi connectivity index (χ0) is 10.0. The van der Waals surface area contributed by atoms with E-state index in [-0.39, 0.29) is 11.7 Å². The summed E-state index contributed by atoms with van der Waals surface area (Å²) in [5.74, 6) is 0. The molecule has 2 unspecified atom stereocenters. The Balaban J connectivity index is 2.24. The Kier molecular flexibility index (Phi) is 2.70. The summed E-state index contributed by atoms with van der Waals surface area (Å²) in [5, 5.41) is 2.06. The molecule has 14 heavy (non-hydrogen) atoms. The molecule has 76 valence electrons. The number of carbonyl (C=O) groups is 1. The number of thiophene rings is 1. The van der Waals surface area contributed by atoms with Gasteiger partial charge in [-0.2, -0.15) is 0 Å². The number of hydrogen-bond donors (Lipinski definition) is 0. The van der Waals surface area contributed by atoms with Crippen molar-refractivity contribution in [1.82, 2.24) is 0 Å². The van der Waals surface area contributed by atoms with Crippen LogP contribution in [-0.2, 0) is 15.1 Å². The minimum Gasteiger partial charge on any atom is -0.359 e. The minimum absolute atomic E-state index is 0.181. The van der Waals surface area contributed by atoms with Gasteiger partial charge in [-0.15, -0.1) is 11.3 Å². The summed E-state index contributed by atoms with van der Waals surface area (Å²) >= 11 is 1.72. The highest BCUT2D eigenvalue weighted by molar-refractivity contribution is 7.10. The monoisotopic (exact) mass is 210 g/mol. The molecule has 1 aliphatic heterocycles. The second-order valence-electron chi connectivity index (χ2n) is 3.66. The second kappa shape index (κ2) is 3.83. The third kappa shape index (κ3) is 1.51. The lowest BCUT2D eigenvalue weighted by molar-refractivity contribution is -0.123. The number of carbonyl (C=O) groups excluding carboxylic acids is 1. The van der Waals surface area contributed by atoms with Gasteiger partial charge in [-0.05, 0) is 30.7 Å². The van der Waals surface area contributed by atoms with E-state index in [1.807, 2.05) is 6.07 Å². The summed E-state index contributed by atoms with van der Waals surface area (Å²) in [7, 11) is 0. The van der Waals surface area contributed by atoms with Crippen LogP contribution in [0.1, 0.15) is 31.1 Å². The van der Waals surface area contributed by atoms with E-state index in [0.29, 0.717) is 0 Å². The number of hydrogen-bond acceptors (Lipinski definition) is 3. The van der Waals surface area contributed by atoms with Gasteiger partial charge in [-0.3, -0.25) is 0 Å². The lowest BCUT2D eigenvalue weighted by Crippen LogP contribution is -2.24. The van der Waals surface area contributed by atoms with E-state index in [9.17, 15) is 4.79 Å². The molecule has 0 saturated carbocycles. The molecule has 2 nitrogen and oxygen atoms in total. The van der Waals surface area contributed by atoms with Crippen LogP contribution >= 0.6 is 11.3 Å². The van der Waals surface area contributed by atoms with Crippen LogP contribution in [-0.4, -0.2) is 12.4 Å². The molecular weight excluding hydrogens is 196 g/mol. The fourth-order valence-electron chi connectivity index (χ4n) is 2.03. The molecule has 0 N–H and O–H groups in total. The van der Waals surface area contributed by atoms with Crippen molar-refractivity contribution in [3.8, 4) is 0 Å². The van der Waals surface area contributed by atoms with Gasteiger partial charge in [0.1, 0.15) is 18.0 Å². The first-order valence-electron chi connectivity index (χ1n) is 4.98. The maximum absolute atomic E-state index is 10.7. The van der Waals surface area contributed by atoms with E-state index in [1.165, 1.54) is 4.88 Å². The number of aldehydes is 1. The Hall–Kier alpha value is -0.670. The predicted molar refractivity (Wildman–Crippen MR) is 56.5 cm³/mol. The first-order valence-corrected chi connectivity index (χ1v) is 5.86. The van der Waals surface area contributed by atoms with E-state index in [1.54, 1.807) is 11.3 Å². The van der Waals surface area contributed by atoms with Crippen LogP contribution in [0.5, 0.6) is 0 Å². The van der Waals surface area contributed by atoms with Gasteiger partial charge in [0.05, 0.1) is 0 Å². The Morgan fingerprint density at radius 1 is 1.79 bits per heavy atom. The average Bonchev–Trinajstić information content (AvgIpc) is 2.87. The summed E-state index contributed by atoms with van der Waals surface area (Å²) in [6.45, 7) is 2.12. The molecule has 1 saturated heterocycles. The minimum atomic E-state index is -0.197. The van der Waals surface area contributed by atoms with Crippen molar-refractivity contribution >= 4 is 17.6 Å². The zero-order valence-corrected chi connectivity index (χ0v) is 9.05. The third-order valence-electron chi connectivity index (χ3n) is 2.90. The van der Waals surface area contributed by atoms with Crippen molar-refractivity contribution in [3.63, 3.8) is 0 Å². The van der Waals surface area contributed by atoms with Gasteiger partial charge in [0.25, 0.3) is 0 Å². The summed E-state index contributed by atoms with van der Waals surface area (Å²) in [6.07, 6.45) is 3.49. The summed E-state index contributed by atoms with van der Waals surface area (Å²) in [5.41, 5.74) is -0.181. The molecule has 1 aromatic rings. The van der Waals surface area contributed by atoms with Crippen molar-refractivity contribution in [3.05, 3.63) is 22.4 Å². The Bertz CT molecular complexity index is 307. The lowest BCUT2D eigenvalue weighted by atomic mass is 9.95. The quantitative estimate of drug-likeness (QED) is 0.717. The van der Waals surface area contributed by atoms with Crippen molar-refractivity contribution < 1.29 is 9.53 Å². The van der Waals surface area contributed by atoms with E-state index >= 15 is 0 Å². The fourth-order valence-corrected chi connectivity index (χ4v) is 3.00. The van der Waals surface area contributed by atoms with Crippen molar-refractivity contribution in [2.45, 2.75) is 37.9 Å². The molecule has 0 aliphatic carbocycles. The molecule has 2 heterocycles. The zero-order valence-electron chi connectivity index (χ0n) is 8.23. The molecule has 1 aromatic heterocycles. The van der Waals surface area contributed by atoms with Gasteiger partial charge >= 0.3 is 0 Å². The van der Waals surface area contributed by atoms with Crippen LogP contribution in [0.15, 0.2) is 17.5 Å². The molecule has 0 amide bonds. The van der Waals surface area contributed by atoms with E-state index in [2.05, 4.69) is 18.4 Å². The van der Waals surface area contributed by atoms with Crippen LogP contribution < -0.4 is 0 Å². The SMILES string of the molecule is CCC1(c2cccs2)CCC(C=O)O1. The largest absolute Gasteiger partial charge is 0.359 e. The maximum atomic E-state index is 10.7. The normalized spacial score (nSPS) is 31.9. The lowest BCUT2D eigenvalue weighted by Gasteiger charge is -2.26. The van der Waals surface area contributed by atoms with Gasteiger partial charge < -0.3 is 9.53 Å². The highest BCUT2D eigenvalue weighted by Gasteiger charge is 2.40. The first kappa shape index (κ1) is 9.87. The van der Waals surface area contributed by atoms with Crippen molar-refractivity contribution in [1.29, 1.82) is 0 Å². The number of ether oxygens (including phenoxy) is 1. The molecule has 0 spiro atoms. The molecule has 2 atom stereocenters. The molecule has 3 heteroatoms. The second-order valence-corrected chi connectivity index (χ2v) is 4.60. The molecule has 0 aromatic carbocycles. The number of rotatable bonds is 3. The summed E-state index contributed by atoms with van der Waals surface area (Å²) in [6, 6.07) is 4.14. The topological polar surface area (TPSA) is 26.3 Å². The highest BCUT2D eigenvalue weighted by Crippen LogP contribution is 2.43. The average molecular weight is 210 g/mol. The standard InChI is InChI=1S/C11H14O2S/c1-2-11(10-4-3-7-14-10)6-5-9(8-12)13-11/h3-4,7-9H,2,5-6H2,1H3. The first-order chi connectivity index (χ1) is 6.80. The van der Waals surface area contributed by atoms with E-state index in [0.717, 1.165) is 25.5 Å². The molecule has 2 rings (SSSR count). The van der Waals surface area contributed by atoms with Gasteiger partial charge in [0.2, 0.25) is 0 Å². The molecular formula is C11H14O2S. The van der Waals surface area contributed by atoms with Crippen molar-refractivity contribution in [2.24, 2.45) is 0 Å². The van der Waals surface area contributed by atoms with Crippen LogP contribution in [0, 0.1) is 0 Å². The molecule has 1 aliphatic rings. The molecule has 0 bridgehead atoms.